The number of ketones is 2. The van der Waals surface area contributed by atoms with Crippen molar-refractivity contribution in [2.45, 2.75) is 27.7 Å². The minimum Gasteiger partial charge on any atom is -0.358 e. The molecule has 0 atom stereocenters. The third-order valence-corrected chi connectivity index (χ3v) is 2.06. The first kappa shape index (κ1) is 12.3. The van der Waals surface area contributed by atoms with Crippen molar-refractivity contribution in [3.05, 3.63) is 23.5 Å². The van der Waals surface area contributed by atoms with Crippen LogP contribution in [0.1, 0.15) is 43.7 Å². The van der Waals surface area contributed by atoms with Crippen molar-refractivity contribution in [2.24, 2.45) is 5.41 Å². The second-order valence-corrected chi connectivity index (χ2v) is 4.69. The van der Waals surface area contributed by atoms with E-state index >= 15 is 0 Å². The quantitative estimate of drug-likeness (QED) is 0.579. The highest BCUT2D eigenvalue weighted by atomic mass is 16.1. The summed E-state index contributed by atoms with van der Waals surface area (Å²) in [6, 6.07) is 1.64. The van der Waals surface area contributed by atoms with Gasteiger partial charge < -0.3 is 4.98 Å². The summed E-state index contributed by atoms with van der Waals surface area (Å²) in [7, 11) is 0. The number of rotatable bonds is 1. The molecule has 3 heteroatoms. The Balaban J connectivity index is 2.85. The highest BCUT2D eigenvalue weighted by molar-refractivity contribution is 6.00. The molecule has 0 unspecified atom stereocenters. The molecule has 0 aromatic carbocycles. The average molecular weight is 217 g/mol. The van der Waals surface area contributed by atoms with E-state index in [2.05, 4.69) is 16.8 Å². The van der Waals surface area contributed by atoms with E-state index in [4.69, 9.17) is 0 Å². The van der Waals surface area contributed by atoms with Crippen molar-refractivity contribution in [1.82, 2.24) is 4.98 Å². The first-order valence-corrected chi connectivity index (χ1v) is 5.06. The third-order valence-electron chi connectivity index (χ3n) is 2.06. The van der Waals surface area contributed by atoms with Crippen LogP contribution in [0.25, 0.3) is 0 Å². The number of aromatic nitrogens is 1. The Morgan fingerprint density at radius 2 is 1.94 bits per heavy atom. The summed E-state index contributed by atoms with van der Waals surface area (Å²) < 4.78 is 0. The molecule has 0 bridgehead atoms. The standard InChI is InChI=1S/C13H15NO2/c1-9(15)11-7-10(8-14-11)5-6-12(16)13(2,3)4/h7-8,14H,1-4H3. The number of carbonyl (C=O) groups excluding carboxylic acids is 2. The van der Waals surface area contributed by atoms with Crippen LogP contribution in [-0.4, -0.2) is 16.6 Å². The molecule has 1 N–H and O–H groups in total. The molecule has 1 aromatic rings. The van der Waals surface area contributed by atoms with Gasteiger partial charge in [-0.25, -0.2) is 0 Å². The van der Waals surface area contributed by atoms with Crippen molar-refractivity contribution in [2.75, 3.05) is 0 Å². The molecule has 0 saturated heterocycles. The van der Waals surface area contributed by atoms with Crippen LogP contribution in [-0.2, 0) is 4.79 Å². The molecule has 0 spiro atoms. The molecule has 3 nitrogen and oxygen atoms in total. The Bertz CT molecular complexity index is 478. The molecule has 0 aliphatic heterocycles. The normalized spacial score (nSPS) is 10.5. The number of Topliss-reactive ketones (excluding diaryl/α,β-unsaturated/α-hetero) is 2. The SMILES string of the molecule is CC(=O)c1cc(C#CC(=O)C(C)(C)C)c[nH]1. The van der Waals surface area contributed by atoms with Gasteiger partial charge in [0, 0.05) is 24.1 Å². The molecular formula is C13H15NO2. The first-order chi connectivity index (χ1) is 7.30. The molecule has 0 aliphatic rings. The van der Waals surface area contributed by atoms with Crippen LogP contribution in [0.2, 0.25) is 0 Å². The van der Waals surface area contributed by atoms with Crippen LogP contribution in [0.3, 0.4) is 0 Å². The number of hydrogen-bond donors (Lipinski definition) is 1. The van der Waals surface area contributed by atoms with E-state index in [0.717, 1.165) is 0 Å². The van der Waals surface area contributed by atoms with Crippen LogP contribution < -0.4 is 0 Å². The summed E-state index contributed by atoms with van der Waals surface area (Å²) in [5.74, 6) is 5.16. The van der Waals surface area contributed by atoms with Crippen molar-refractivity contribution in [3.63, 3.8) is 0 Å². The third kappa shape index (κ3) is 3.09. The number of H-pyrrole nitrogens is 1. The van der Waals surface area contributed by atoms with Crippen molar-refractivity contribution < 1.29 is 9.59 Å². The van der Waals surface area contributed by atoms with E-state index in [9.17, 15) is 9.59 Å². The maximum atomic E-state index is 11.5. The van der Waals surface area contributed by atoms with Crippen molar-refractivity contribution in [3.8, 4) is 11.8 Å². The van der Waals surface area contributed by atoms with Crippen molar-refractivity contribution >= 4 is 11.6 Å². The van der Waals surface area contributed by atoms with E-state index in [1.807, 2.05) is 20.8 Å². The lowest BCUT2D eigenvalue weighted by Gasteiger charge is -2.10. The van der Waals surface area contributed by atoms with Gasteiger partial charge >= 0.3 is 0 Å². The minimum absolute atomic E-state index is 0.0461. The lowest BCUT2D eigenvalue weighted by Crippen LogP contribution is -2.17. The topological polar surface area (TPSA) is 49.9 Å². The molecule has 0 fully saturated rings. The van der Waals surface area contributed by atoms with Gasteiger partial charge in [0.1, 0.15) is 0 Å². The largest absolute Gasteiger partial charge is 0.358 e. The molecule has 84 valence electrons. The van der Waals surface area contributed by atoms with E-state index in [0.29, 0.717) is 11.3 Å². The van der Waals surface area contributed by atoms with Gasteiger partial charge in [-0.1, -0.05) is 26.7 Å². The molecule has 1 rings (SSSR count). The number of nitrogens with one attached hydrogen (secondary N) is 1. The Morgan fingerprint density at radius 3 is 2.38 bits per heavy atom. The minimum atomic E-state index is -0.452. The summed E-state index contributed by atoms with van der Waals surface area (Å²) in [5, 5.41) is 0. The Morgan fingerprint density at radius 1 is 1.31 bits per heavy atom. The van der Waals surface area contributed by atoms with E-state index in [1.54, 1.807) is 12.3 Å². The number of hydrogen-bond acceptors (Lipinski definition) is 2. The van der Waals surface area contributed by atoms with Crippen molar-refractivity contribution in [1.29, 1.82) is 0 Å². The molecule has 0 amide bonds. The monoisotopic (exact) mass is 217 g/mol. The van der Waals surface area contributed by atoms with E-state index < -0.39 is 5.41 Å². The van der Waals surface area contributed by atoms with Gasteiger partial charge in [-0.2, -0.15) is 0 Å². The second kappa shape index (κ2) is 4.36. The second-order valence-electron chi connectivity index (χ2n) is 4.69. The molecule has 1 aromatic heterocycles. The Kier molecular flexibility index (Phi) is 3.34. The predicted octanol–water partition coefficient (Wildman–Crippen LogP) is 2.18. The fourth-order valence-corrected chi connectivity index (χ4v) is 0.986. The predicted molar refractivity (Wildman–Crippen MR) is 62.1 cm³/mol. The van der Waals surface area contributed by atoms with Crippen LogP contribution in [0, 0.1) is 17.3 Å². The van der Waals surface area contributed by atoms with Gasteiger partial charge in [0.05, 0.1) is 5.69 Å². The number of carbonyl (C=O) groups is 2. The first-order valence-electron chi connectivity index (χ1n) is 5.06. The van der Waals surface area contributed by atoms with Gasteiger partial charge in [-0.05, 0) is 12.0 Å². The fraction of sp³-hybridized carbons (Fsp3) is 0.385. The highest BCUT2D eigenvalue weighted by Gasteiger charge is 2.18. The summed E-state index contributed by atoms with van der Waals surface area (Å²) in [5.41, 5.74) is 0.711. The highest BCUT2D eigenvalue weighted by Crippen LogP contribution is 2.13. The molecular weight excluding hydrogens is 202 g/mol. The summed E-state index contributed by atoms with van der Waals surface area (Å²) in [6.07, 6.45) is 1.62. The Hall–Kier alpha value is -1.82. The molecule has 1 heterocycles. The maximum absolute atomic E-state index is 11.5. The van der Waals surface area contributed by atoms with E-state index in [-0.39, 0.29) is 11.6 Å². The molecule has 0 aliphatic carbocycles. The van der Waals surface area contributed by atoms with E-state index in [1.165, 1.54) is 6.92 Å². The zero-order chi connectivity index (χ0) is 12.3. The lowest BCUT2D eigenvalue weighted by molar-refractivity contribution is -0.120. The fourth-order valence-electron chi connectivity index (χ4n) is 0.986. The summed E-state index contributed by atoms with van der Waals surface area (Å²) in [4.78, 5) is 25.3. The van der Waals surface area contributed by atoms with Gasteiger partial charge in [-0.3, -0.25) is 9.59 Å². The zero-order valence-electron chi connectivity index (χ0n) is 9.97. The number of aromatic amines is 1. The van der Waals surface area contributed by atoms with Gasteiger partial charge in [0.15, 0.2) is 5.78 Å². The van der Waals surface area contributed by atoms with Crippen LogP contribution in [0.5, 0.6) is 0 Å². The van der Waals surface area contributed by atoms with Gasteiger partial charge in [-0.15, -0.1) is 0 Å². The zero-order valence-corrected chi connectivity index (χ0v) is 9.97. The summed E-state index contributed by atoms with van der Waals surface area (Å²) >= 11 is 0. The molecule has 0 saturated carbocycles. The molecule has 16 heavy (non-hydrogen) atoms. The molecule has 0 radical (unpaired) electrons. The smallest absolute Gasteiger partial charge is 0.211 e. The van der Waals surface area contributed by atoms with Crippen LogP contribution in [0.15, 0.2) is 12.3 Å². The van der Waals surface area contributed by atoms with Crippen LogP contribution >= 0.6 is 0 Å². The van der Waals surface area contributed by atoms with Gasteiger partial charge in [0.2, 0.25) is 5.78 Å². The average Bonchev–Trinajstić information content (AvgIpc) is 2.60. The van der Waals surface area contributed by atoms with Crippen LogP contribution in [0.4, 0.5) is 0 Å². The van der Waals surface area contributed by atoms with Gasteiger partial charge in [0.25, 0.3) is 0 Å². The Labute approximate surface area is 95.2 Å². The maximum Gasteiger partial charge on any atom is 0.211 e. The lowest BCUT2D eigenvalue weighted by atomic mass is 9.91. The summed E-state index contributed by atoms with van der Waals surface area (Å²) in [6.45, 7) is 6.94.